The molecule has 1 aliphatic carbocycles. The maximum absolute atomic E-state index is 13.0. The van der Waals surface area contributed by atoms with Gasteiger partial charge in [0.2, 0.25) is 0 Å². The Morgan fingerprint density at radius 1 is 1.34 bits per heavy atom. The first-order valence-corrected chi connectivity index (χ1v) is 12.6. The number of carbonyl (C=O) groups excluding carboxylic acids is 1. The number of fused-ring (bicyclic) bond motifs is 4. The van der Waals surface area contributed by atoms with Gasteiger partial charge in [-0.15, -0.1) is 0 Å². The Balaban J connectivity index is 1.41. The van der Waals surface area contributed by atoms with Gasteiger partial charge in [0.1, 0.15) is 23.1 Å². The number of rotatable bonds is 3. The molecule has 168 valence electrons. The lowest BCUT2D eigenvalue weighted by Crippen LogP contribution is -2.54. The Morgan fingerprint density at radius 2 is 2.19 bits per heavy atom. The number of halogens is 2. The van der Waals surface area contributed by atoms with Crippen molar-refractivity contribution in [2.24, 2.45) is 16.6 Å². The Bertz CT molecular complexity index is 1110. The minimum absolute atomic E-state index is 0.0154. The standard InChI is InChI=1S/C23H23BrClN3O3S/c1-30-20-8-12(2-5-17(20)25)21(29)27-14-4-7-19-16(10-14)23(11-32-22(26)28-23)15-9-13(24)3-6-18(15)31-19/h2-3,5-6,8-9,14,16,19H,4,7,10-11H2,1H3,(H2,26,28)(H,27,29). The molecule has 1 fully saturated rings. The van der Waals surface area contributed by atoms with E-state index in [1.807, 2.05) is 12.1 Å². The molecule has 32 heavy (non-hydrogen) atoms. The van der Waals surface area contributed by atoms with E-state index >= 15 is 0 Å². The van der Waals surface area contributed by atoms with E-state index in [0.29, 0.717) is 21.5 Å². The number of carbonyl (C=O) groups is 1. The lowest BCUT2D eigenvalue weighted by molar-refractivity contribution is 0.0155. The predicted octanol–water partition coefficient (Wildman–Crippen LogP) is 4.73. The molecule has 1 spiro atoms. The van der Waals surface area contributed by atoms with E-state index in [9.17, 15) is 4.79 Å². The summed E-state index contributed by atoms with van der Waals surface area (Å²) in [5.74, 6) is 2.13. The van der Waals surface area contributed by atoms with Crippen LogP contribution in [0.25, 0.3) is 0 Å². The van der Waals surface area contributed by atoms with Gasteiger partial charge in [-0.05, 0) is 55.7 Å². The summed E-state index contributed by atoms with van der Waals surface area (Å²) in [6.07, 6.45) is 2.50. The largest absolute Gasteiger partial charge is 0.495 e. The van der Waals surface area contributed by atoms with Crippen molar-refractivity contribution in [3.63, 3.8) is 0 Å². The van der Waals surface area contributed by atoms with Crippen molar-refractivity contribution in [1.29, 1.82) is 0 Å². The third-order valence-electron chi connectivity index (χ3n) is 6.58. The van der Waals surface area contributed by atoms with Crippen molar-refractivity contribution in [2.45, 2.75) is 36.9 Å². The Labute approximate surface area is 204 Å². The molecule has 2 aromatic rings. The van der Waals surface area contributed by atoms with E-state index in [-0.39, 0.29) is 24.0 Å². The quantitative estimate of drug-likeness (QED) is 0.592. The summed E-state index contributed by atoms with van der Waals surface area (Å²) in [7, 11) is 1.54. The summed E-state index contributed by atoms with van der Waals surface area (Å²) >= 11 is 11.3. The smallest absolute Gasteiger partial charge is 0.251 e. The zero-order valence-electron chi connectivity index (χ0n) is 17.4. The number of amidine groups is 1. The molecule has 0 aromatic heterocycles. The monoisotopic (exact) mass is 535 g/mol. The van der Waals surface area contributed by atoms with Gasteiger partial charge in [0.25, 0.3) is 5.91 Å². The fourth-order valence-corrected chi connectivity index (χ4v) is 6.65. The first kappa shape index (κ1) is 21.9. The Hall–Kier alpha value is -1.90. The molecular formula is C23H23BrClN3O3S. The van der Waals surface area contributed by atoms with Crippen LogP contribution in [-0.4, -0.2) is 36.1 Å². The third-order valence-corrected chi connectivity index (χ3v) is 8.36. The number of nitrogens with one attached hydrogen (secondary N) is 1. The molecule has 2 heterocycles. The highest BCUT2D eigenvalue weighted by Crippen LogP contribution is 2.54. The van der Waals surface area contributed by atoms with Crippen LogP contribution in [0.2, 0.25) is 5.02 Å². The van der Waals surface area contributed by atoms with Crippen molar-refractivity contribution < 1.29 is 14.3 Å². The van der Waals surface area contributed by atoms with E-state index in [0.717, 1.165) is 40.8 Å². The molecule has 3 N–H and O–H groups in total. The summed E-state index contributed by atoms with van der Waals surface area (Å²) in [6.45, 7) is 0. The highest BCUT2D eigenvalue weighted by Gasteiger charge is 2.54. The van der Waals surface area contributed by atoms with Gasteiger partial charge in [-0.2, -0.15) is 0 Å². The van der Waals surface area contributed by atoms with Crippen LogP contribution in [0.4, 0.5) is 0 Å². The second-order valence-electron chi connectivity index (χ2n) is 8.40. The van der Waals surface area contributed by atoms with Crippen LogP contribution in [0.1, 0.15) is 35.2 Å². The fourth-order valence-electron chi connectivity index (χ4n) is 5.07. The van der Waals surface area contributed by atoms with E-state index in [1.54, 1.807) is 30.0 Å². The maximum Gasteiger partial charge on any atom is 0.251 e. The van der Waals surface area contributed by atoms with Crippen molar-refractivity contribution in [2.75, 3.05) is 12.9 Å². The molecule has 1 saturated carbocycles. The van der Waals surface area contributed by atoms with E-state index < -0.39 is 5.54 Å². The zero-order valence-corrected chi connectivity index (χ0v) is 20.6. The average Bonchev–Trinajstić information content (AvgIpc) is 3.17. The maximum atomic E-state index is 13.0. The second-order valence-corrected chi connectivity index (χ2v) is 10.7. The third kappa shape index (κ3) is 3.76. The van der Waals surface area contributed by atoms with Crippen LogP contribution < -0.4 is 20.5 Å². The number of thioether (sulfide) groups is 1. The molecule has 1 amide bonds. The second kappa shape index (κ2) is 8.47. The van der Waals surface area contributed by atoms with Crippen LogP contribution in [-0.2, 0) is 5.54 Å². The molecule has 2 aliphatic heterocycles. The van der Waals surface area contributed by atoms with Gasteiger partial charge >= 0.3 is 0 Å². The lowest BCUT2D eigenvalue weighted by Gasteiger charge is -2.48. The summed E-state index contributed by atoms with van der Waals surface area (Å²) in [5.41, 5.74) is 7.30. The van der Waals surface area contributed by atoms with Gasteiger partial charge in [-0.25, -0.2) is 4.99 Å². The van der Waals surface area contributed by atoms with Crippen molar-refractivity contribution in [3.05, 3.63) is 57.0 Å². The highest BCUT2D eigenvalue weighted by molar-refractivity contribution is 9.10. The summed E-state index contributed by atoms with van der Waals surface area (Å²) < 4.78 is 12.6. The number of hydrogen-bond acceptors (Lipinski definition) is 6. The number of hydrogen-bond donors (Lipinski definition) is 2. The van der Waals surface area contributed by atoms with Gasteiger partial charge in [0.05, 0.1) is 12.1 Å². The molecule has 3 aliphatic rings. The zero-order chi connectivity index (χ0) is 22.5. The normalized spacial score (nSPS) is 28.3. The number of ether oxygens (including phenoxy) is 2. The van der Waals surface area contributed by atoms with Crippen molar-refractivity contribution in [1.82, 2.24) is 5.32 Å². The van der Waals surface area contributed by atoms with E-state index in [2.05, 4.69) is 27.3 Å². The fraction of sp³-hybridized carbons (Fsp3) is 0.391. The minimum Gasteiger partial charge on any atom is -0.495 e. The average molecular weight is 537 g/mol. The van der Waals surface area contributed by atoms with Gasteiger partial charge in [0, 0.05) is 33.3 Å². The van der Waals surface area contributed by atoms with Crippen molar-refractivity contribution in [3.8, 4) is 11.5 Å². The number of nitrogens with two attached hydrogens (primary N) is 1. The number of benzene rings is 2. The molecule has 5 rings (SSSR count). The summed E-state index contributed by atoms with van der Waals surface area (Å²) in [6, 6.07) is 11.2. The van der Waals surface area contributed by atoms with Crippen LogP contribution in [0, 0.1) is 5.92 Å². The molecule has 4 atom stereocenters. The summed E-state index contributed by atoms with van der Waals surface area (Å²) in [4.78, 5) is 17.9. The van der Waals surface area contributed by atoms with Crippen LogP contribution in [0.5, 0.6) is 11.5 Å². The van der Waals surface area contributed by atoms with E-state index in [4.69, 9.17) is 31.8 Å². The number of aliphatic imine (C=N–C) groups is 1. The van der Waals surface area contributed by atoms with E-state index in [1.165, 1.54) is 7.11 Å². The van der Waals surface area contributed by atoms with Crippen LogP contribution >= 0.6 is 39.3 Å². The molecule has 0 radical (unpaired) electrons. The minimum atomic E-state index is -0.441. The molecule has 0 saturated heterocycles. The Morgan fingerprint density at radius 3 is 2.94 bits per heavy atom. The molecule has 4 unspecified atom stereocenters. The molecule has 9 heteroatoms. The molecule has 2 aromatic carbocycles. The van der Waals surface area contributed by atoms with Crippen molar-refractivity contribution >= 4 is 50.4 Å². The van der Waals surface area contributed by atoms with Crippen LogP contribution in [0.15, 0.2) is 45.9 Å². The number of amides is 1. The molecule has 0 bridgehead atoms. The molecular weight excluding hydrogens is 514 g/mol. The molecule has 6 nitrogen and oxygen atoms in total. The predicted molar refractivity (Wildman–Crippen MR) is 131 cm³/mol. The van der Waals surface area contributed by atoms with Crippen LogP contribution in [0.3, 0.4) is 0 Å². The number of methoxy groups -OCH3 is 1. The first-order chi connectivity index (χ1) is 15.4. The SMILES string of the molecule is COc1cc(C(=O)NC2CCC3Oc4ccc(Br)cc4C4(CSC(N)=N4)C3C2)ccc1Cl. The van der Waals surface area contributed by atoms with Gasteiger partial charge in [-0.3, -0.25) is 4.79 Å². The first-order valence-electron chi connectivity index (χ1n) is 10.5. The lowest BCUT2D eigenvalue weighted by atomic mass is 9.67. The summed E-state index contributed by atoms with van der Waals surface area (Å²) in [5, 5.41) is 4.29. The van der Waals surface area contributed by atoms with Gasteiger partial charge in [-0.1, -0.05) is 39.3 Å². The van der Waals surface area contributed by atoms with Gasteiger partial charge in [0.15, 0.2) is 5.17 Å². The highest BCUT2D eigenvalue weighted by atomic mass is 79.9. The number of nitrogens with zero attached hydrogens (tertiary/aromatic N) is 1. The Kier molecular flexibility index (Phi) is 5.80. The van der Waals surface area contributed by atoms with Gasteiger partial charge < -0.3 is 20.5 Å². The topological polar surface area (TPSA) is 85.9 Å².